The number of carbonyl (C=O) groups is 2. The van der Waals surface area contributed by atoms with Crippen LogP contribution in [0.15, 0.2) is 24.3 Å². The van der Waals surface area contributed by atoms with Crippen molar-refractivity contribution in [3.63, 3.8) is 0 Å². The van der Waals surface area contributed by atoms with Crippen molar-refractivity contribution in [3.8, 4) is 0 Å². The smallest absolute Gasteiger partial charge is 0.237 e. The monoisotopic (exact) mass is 300 g/mol. The topological polar surface area (TPSA) is 49.4 Å². The molecule has 4 heteroatoms. The molecule has 2 fully saturated rings. The molecule has 1 aromatic carbocycles. The van der Waals surface area contributed by atoms with Crippen LogP contribution in [0.3, 0.4) is 0 Å². The molecule has 0 spiro atoms. The lowest BCUT2D eigenvalue weighted by Crippen LogP contribution is -2.60. The largest absolute Gasteiger partial charge is 0.367 e. The number of rotatable bonds is 3. The highest BCUT2D eigenvalue weighted by Gasteiger charge is 2.64. The number of nitrogens with one attached hydrogen (secondary N) is 1. The van der Waals surface area contributed by atoms with Crippen LogP contribution in [0.2, 0.25) is 0 Å². The molecule has 1 aliphatic heterocycles. The van der Waals surface area contributed by atoms with Crippen LogP contribution in [0.5, 0.6) is 0 Å². The maximum atomic E-state index is 12.9. The summed E-state index contributed by atoms with van der Waals surface area (Å²) in [5.74, 6) is -0.0998. The Balaban J connectivity index is 1.83. The number of piperidine rings is 1. The zero-order valence-corrected chi connectivity index (χ0v) is 13.8. The molecule has 2 amide bonds. The van der Waals surface area contributed by atoms with Crippen LogP contribution >= 0.6 is 0 Å². The van der Waals surface area contributed by atoms with Crippen molar-refractivity contribution in [2.75, 3.05) is 12.0 Å². The fourth-order valence-electron chi connectivity index (χ4n) is 3.99. The summed E-state index contributed by atoms with van der Waals surface area (Å²) in [6, 6.07) is 7.90. The third-order valence-corrected chi connectivity index (χ3v) is 6.08. The van der Waals surface area contributed by atoms with Crippen LogP contribution in [0.4, 0.5) is 5.69 Å². The summed E-state index contributed by atoms with van der Waals surface area (Å²) in [6.45, 7) is 8.41. The molecule has 0 radical (unpaired) electrons. The van der Waals surface area contributed by atoms with E-state index in [0.717, 1.165) is 24.1 Å². The van der Waals surface area contributed by atoms with Crippen LogP contribution in [0, 0.1) is 23.7 Å². The number of aryl methyl sites for hydroxylation is 1. The van der Waals surface area contributed by atoms with Gasteiger partial charge in [-0.15, -0.1) is 0 Å². The predicted molar refractivity (Wildman–Crippen MR) is 86.1 cm³/mol. The number of para-hydroxylation sites is 1. The first-order valence-electron chi connectivity index (χ1n) is 7.94. The molecule has 1 aromatic rings. The molecule has 3 rings (SSSR count). The highest BCUT2D eigenvalue weighted by atomic mass is 16.2. The molecular weight excluding hydrogens is 276 g/mol. The standard InChI is InChI=1S/C18H24N2O2/c1-12-7-5-6-8-14(12)19-11-20-15(21)13-9-10-18(4,16(20)22)17(13,2)3/h5-8,13,19H,9-11H2,1-4H3/t13-,18-/m0/s1. The molecule has 4 nitrogen and oxygen atoms in total. The Morgan fingerprint density at radius 1 is 1.23 bits per heavy atom. The summed E-state index contributed by atoms with van der Waals surface area (Å²) in [7, 11) is 0. The Morgan fingerprint density at radius 3 is 2.59 bits per heavy atom. The van der Waals surface area contributed by atoms with Crippen LogP contribution in [-0.2, 0) is 9.59 Å². The molecule has 1 saturated heterocycles. The molecular formula is C18H24N2O2. The molecule has 1 saturated carbocycles. The van der Waals surface area contributed by atoms with Gasteiger partial charge >= 0.3 is 0 Å². The van der Waals surface area contributed by atoms with E-state index in [4.69, 9.17) is 0 Å². The Labute approximate surface area is 131 Å². The second kappa shape index (κ2) is 4.83. The SMILES string of the molecule is Cc1ccccc1NCN1C(=O)[C@@H]2CC[C@@](C)(C1=O)C2(C)C. The summed E-state index contributed by atoms with van der Waals surface area (Å²) in [6.07, 6.45) is 1.62. The Kier molecular flexibility index (Phi) is 3.31. The van der Waals surface area contributed by atoms with Gasteiger partial charge in [0.15, 0.2) is 0 Å². The van der Waals surface area contributed by atoms with Gasteiger partial charge in [0.05, 0.1) is 12.1 Å². The first kappa shape index (κ1) is 15.1. The van der Waals surface area contributed by atoms with E-state index < -0.39 is 5.41 Å². The lowest BCUT2D eigenvalue weighted by atomic mass is 9.62. The van der Waals surface area contributed by atoms with Gasteiger partial charge in [-0.25, -0.2) is 0 Å². The highest BCUT2D eigenvalue weighted by Crippen LogP contribution is 2.59. The van der Waals surface area contributed by atoms with Crippen molar-refractivity contribution in [2.45, 2.75) is 40.5 Å². The van der Waals surface area contributed by atoms with Crippen LogP contribution in [0.25, 0.3) is 0 Å². The van der Waals surface area contributed by atoms with Crippen molar-refractivity contribution in [2.24, 2.45) is 16.7 Å². The van der Waals surface area contributed by atoms with E-state index in [2.05, 4.69) is 19.2 Å². The minimum Gasteiger partial charge on any atom is -0.367 e. The van der Waals surface area contributed by atoms with E-state index in [-0.39, 0.29) is 29.8 Å². The summed E-state index contributed by atoms with van der Waals surface area (Å²) in [5.41, 5.74) is 1.39. The molecule has 22 heavy (non-hydrogen) atoms. The van der Waals surface area contributed by atoms with E-state index in [1.54, 1.807) is 0 Å². The summed E-state index contributed by atoms with van der Waals surface area (Å²) in [5, 5.41) is 3.24. The number of fused-ring (bicyclic) bond motifs is 2. The number of anilines is 1. The second-order valence-corrected chi connectivity index (χ2v) is 7.37. The minimum absolute atomic E-state index is 0.0222. The Hall–Kier alpha value is -1.84. The molecule has 2 atom stereocenters. The van der Waals surface area contributed by atoms with Gasteiger partial charge in [-0.2, -0.15) is 0 Å². The van der Waals surface area contributed by atoms with E-state index in [9.17, 15) is 9.59 Å². The van der Waals surface area contributed by atoms with Crippen molar-refractivity contribution in [3.05, 3.63) is 29.8 Å². The quantitative estimate of drug-likeness (QED) is 0.872. The first-order valence-corrected chi connectivity index (χ1v) is 7.94. The van der Waals surface area contributed by atoms with E-state index >= 15 is 0 Å². The molecule has 118 valence electrons. The maximum Gasteiger partial charge on any atom is 0.237 e. The number of amides is 2. The van der Waals surface area contributed by atoms with Gasteiger partial charge in [-0.3, -0.25) is 14.5 Å². The van der Waals surface area contributed by atoms with E-state index in [1.807, 2.05) is 38.1 Å². The average molecular weight is 300 g/mol. The minimum atomic E-state index is -0.432. The summed E-state index contributed by atoms with van der Waals surface area (Å²) < 4.78 is 0. The van der Waals surface area contributed by atoms with Gasteiger partial charge in [0.1, 0.15) is 0 Å². The van der Waals surface area contributed by atoms with Crippen LogP contribution in [-0.4, -0.2) is 23.4 Å². The van der Waals surface area contributed by atoms with E-state index in [1.165, 1.54) is 4.90 Å². The molecule has 2 aliphatic rings. The zero-order valence-electron chi connectivity index (χ0n) is 13.8. The number of benzene rings is 1. The molecule has 0 aromatic heterocycles. The number of hydrogen-bond donors (Lipinski definition) is 1. The third-order valence-electron chi connectivity index (χ3n) is 6.08. The normalized spacial score (nSPS) is 29.8. The Bertz CT molecular complexity index is 638. The number of nitrogens with zero attached hydrogens (tertiary/aromatic N) is 1. The molecule has 1 heterocycles. The fourth-order valence-corrected chi connectivity index (χ4v) is 3.99. The second-order valence-electron chi connectivity index (χ2n) is 7.37. The number of imide groups is 1. The molecule has 1 aliphatic carbocycles. The number of hydrogen-bond acceptors (Lipinski definition) is 3. The molecule has 0 unspecified atom stereocenters. The van der Waals surface area contributed by atoms with Gasteiger partial charge in [0.25, 0.3) is 0 Å². The van der Waals surface area contributed by atoms with Crippen LogP contribution < -0.4 is 5.32 Å². The van der Waals surface area contributed by atoms with Crippen LogP contribution in [0.1, 0.15) is 39.2 Å². The maximum absolute atomic E-state index is 12.9. The lowest BCUT2D eigenvalue weighted by Gasteiger charge is -2.47. The zero-order chi connectivity index (χ0) is 16.1. The fraction of sp³-hybridized carbons (Fsp3) is 0.556. The van der Waals surface area contributed by atoms with Gasteiger partial charge < -0.3 is 5.32 Å². The van der Waals surface area contributed by atoms with Crippen molar-refractivity contribution >= 4 is 17.5 Å². The predicted octanol–water partition coefficient (Wildman–Crippen LogP) is 3.18. The first-order chi connectivity index (χ1) is 10.3. The van der Waals surface area contributed by atoms with Gasteiger partial charge in [-0.1, -0.05) is 39.0 Å². The number of carbonyl (C=O) groups excluding carboxylic acids is 2. The summed E-state index contributed by atoms with van der Waals surface area (Å²) in [4.78, 5) is 27.1. The van der Waals surface area contributed by atoms with Crippen molar-refractivity contribution < 1.29 is 9.59 Å². The average Bonchev–Trinajstić information content (AvgIpc) is 2.65. The molecule has 1 N–H and O–H groups in total. The molecule has 2 bridgehead atoms. The van der Waals surface area contributed by atoms with E-state index in [0.29, 0.717) is 0 Å². The van der Waals surface area contributed by atoms with Gasteiger partial charge in [0.2, 0.25) is 11.8 Å². The van der Waals surface area contributed by atoms with Crippen molar-refractivity contribution in [1.29, 1.82) is 0 Å². The van der Waals surface area contributed by atoms with Gasteiger partial charge in [0, 0.05) is 11.6 Å². The highest BCUT2D eigenvalue weighted by molar-refractivity contribution is 6.04. The Morgan fingerprint density at radius 2 is 1.91 bits per heavy atom. The summed E-state index contributed by atoms with van der Waals surface area (Å²) >= 11 is 0. The van der Waals surface area contributed by atoms with Crippen molar-refractivity contribution in [1.82, 2.24) is 4.90 Å². The lowest BCUT2D eigenvalue weighted by molar-refractivity contribution is -0.167. The third kappa shape index (κ3) is 1.89. The van der Waals surface area contributed by atoms with Gasteiger partial charge in [-0.05, 0) is 36.8 Å². The number of likely N-dealkylation sites (tertiary alicyclic amines) is 1.